The van der Waals surface area contributed by atoms with Crippen molar-refractivity contribution in [3.8, 4) is 5.88 Å². The molecule has 1 saturated carbocycles. The minimum Gasteiger partial charge on any atom is -0.474 e. The lowest BCUT2D eigenvalue weighted by Gasteiger charge is -2.47. The van der Waals surface area contributed by atoms with Crippen molar-refractivity contribution in [3.63, 3.8) is 0 Å². The van der Waals surface area contributed by atoms with Crippen LogP contribution < -0.4 is 4.74 Å². The van der Waals surface area contributed by atoms with Crippen molar-refractivity contribution >= 4 is 28.1 Å². The van der Waals surface area contributed by atoms with Gasteiger partial charge in [-0.1, -0.05) is 76.6 Å². The van der Waals surface area contributed by atoms with E-state index in [1.807, 2.05) is 77.7 Å². The van der Waals surface area contributed by atoms with Crippen LogP contribution in [0.25, 0.3) is 0 Å². The Bertz CT molecular complexity index is 1230. The van der Waals surface area contributed by atoms with Crippen molar-refractivity contribution in [2.45, 2.75) is 57.1 Å². The molecule has 0 bridgehead atoms. The average Bonchev–Trinajstić information content (AvgIpc) is 2.95. The molecule has 0 atom stereocenters. The number of rotatable bonds is 8. The maximum Gasteiger partial charge on any atom is 0.410 e. The van der Waals surface area contributed by atoms with E-state index in [4.69, 9.17) is 14.2 Å². The van der Waals surface area contributed by atoms with E-state index in [0.29, 0.717) is 44.7 Å². The van der Waals surface area contributed by atoms with Crippen molar-refractivity contribution in [2.75, 3.05) is 13.1 Å². The maximum atomic E-state index is 13.4. The normalized spacial score (nSPS) is 19.1. The first kappa shape index (κ1) is 27.0. The fourth-order valence-electron chi connectivity index (χ4n) is 5.01. The van der Waals surface area contributed by atoms with Crippen LogP contribution in [-0.2, 0) is 22.7 Å². The van der Waals surface area contributed by atoms with Gasteiger partial charge < -0.3 is 24.0 Å². The van der Waals surface area contributed by atoms with E-state index >= 15 is 0 Å². The Morgan fingerprint density at radius 3 is 2.10 bits per heavy atom. The van der Waals surface area contributed by atoms with Gasteiger partial charge in [0.05, 0.1) is 0 Å². The Morgan fingerprint density at radius 2 is 1.49 bits per heavy atom. The minimum absolute atomic E-state index is 0.00649. The van der Waals surface area contributed by atoms with Crippen LogP contribution in [-0.4, -0.2) is 58.2 Å². The van der Waals surface area contributed by atoms with Gasteiger partial charge in [0.2, 0.25) is 5.88 Å². The third kappa shape index (κ3) is 7.29. The monoisotopic (exact) mass is 593 g/mol. The number of halogens is 1. The zero-order valence-electron chi connectivity index (χ0n) is 21.7. The molecule has 2 heterocycles. The second-order valence-electron chi connectivity index (χ2n) is 9.88. The molecule has 2 amide bonds. The van der Waals surface area contributed by atoms with Gasteiger partial charge in [-0.15, -0.1) is 0 Å². The number of hydrogen-bond donors (Lipinski definition) is 0. The van der Waals surface area contributed by atoms with Gasteiger partial charge in [0.1, 0.15) is 19.3 Å². The number of aromatic nitrogens is 1. The van der Waals surface area contributed by atoms with Crippen molar-refractivity contribution in [1.82, 2.24) is 14.8 Å². The van der Waals surface area contributed by atoms with Gasteiger partial charge in [0.25, 0.3) is 0 Å². The molecule has 2 fully saturated rings. The van der Waals surface area contributed by atoms with Crippen LogP contribution >= 0.6 is 15.9 Å². The second-order valence-corrected chi connectivity index (χ2v) is 10.8. The predicted molar refractivity (Wildman–Crippen MR) is 149 cm³/mol. The highest BCUT2D eigenvalue weighted by molar-refractivity contribution is 9.10. The van der Waals surface area contributed by atoms with E-state index in [-0.39, 0.29) is 43.6 Å². The SMILES string of the molecule is O=C(OCc1ccccc1)N1CCC(N(C(=O)OCc2ccccc2)C2CC(Oc3cc(Br)ccn3)C2)CC1. The molecule has 9 heteroatoms. The molecule has 1 aromatic heterocycles. The van der Waals surface area contributed by atoms with E-state index in [1.165, 1.54) is 0 Å². The number of pyridine rings is 1. The Hall–Kier alpha value is -3.59. The summed E-state index contributed by atoms with van der Waals surface area (Å²) in [6.45, 7) is 1.51. The quantitative estimate of drug-likeness (QED) is 0.309. The van der Waals surface area contributed by atoms with E-state index in [2.05, 4.69) is 20.9 Å². The highest BCUT2D eigenvalue weighted by Gasteiger charge is 2.43. The van der Waals surface area contributed by atoms with Gasteiger partial charge in [0.15, 0.2) is 0 Å². The van der Waals surface area contributed by atoms with Crippen LogP contribution in [0.2, 0.25) is 0 Å². The molecule has 0 N–H and O–H groups in total. The maximum absolute atomic E-state index is 13.4. The molecule has 2 aromatic carbocycles. The van der Waals surface area contributed by atoms with E-state index in [9.17, 15) is 9.59 Å². The van der Waals surface area contributed by atoms with Crippen molar-refractivity contribution in [3.05, 3.63) is 94.6 Å². The Balaban J connectivity index is 1.17. The van der Waals surface area contributed by atoms with Crippen molar-refractivity contribution in [1.29, 1.82) is 0 Å². The minimum atomic E-state index is -0.326. The summed E-state index contributed by atoms with van der Waals surface area (Å²) in [6, 6.07) is 23.0. The largest absolute Gasteiger partial charge is 0.474 e. The van der Waals surface area contributed by atoms with Crippen LogP contribution in [0.3, 0.4) is 0 Å². The average molecular weight is 595 g/mol. The first-order chi connectivity index (χ1) is 19.0. The molecule has 3 aromatic rings. The Morgan fingerprint density at radius 1 is 0.872 bits per heavy atom. The van der Waals surface area contributed by atoms with Crippen LogP contribution in [0, 0.1) is 0 Å². The van der Waals surface area contributed by atoms with Crippen LogP contribution in [0.4, 0.5) is 9.59 Å². The second kappa shape index (κ2) is 13.0. The molecular formula is C30H32BrN3O5. The molecule has 5 rings (SSSR count). The highest BCUT2D eigenvalue weighted by Crippen LogP contribution is 2.34. The lowest BCUT2D eigenvalue weighted by molar-refractivity contribution is -0.0208. The highest BCUT2D eigenvalue weighted by atomic mass is 79.9. The summed E-state index contributed by atoms with van der Waals surface area (Å²) in [5, 5.41) is 0. The standard InChI is InChI=1S/C30H32BrN3O5/c31-24-11-14-32-28(17-24)39-27-18-26(19-27)34(30(36)38-21-23-9-5-2-6-10-23)25-12-15-33(16-13-25)29(35)37-20-22-7-3-1-4-8-22/h1-11,14,17,25-27H,12-13,15-16,18-21H2. The van der Waals surface area contributed by atoms with Crippen molar-refractivity contribution < 1.29 is 23.8 Å². The van der Waals surface area contributed by atoms with Gasteiger partial charge in [-0.25, -0.2) is 14.6 Å². The molecule has 2 aliphatic rings. The van der Waals surface area contributed by atoms with Gasteiger partial charge >= 0.3 is 12.2 Å². The van der Waals surface area contributed by atoms with E-state index in [1.54, 1.807) is 11.1 Å². The van der Waals surface area contributed by atoms with Gasteiger partial charge in [-0.05, 0) is 30.0 Å². The number of ether oxygens (including phenoxy) is 3. The zero-order valence-corrected chi connectivity index (χ0v) is 23.2. The van der Waals surface area contributed by atoms with Gasteiger partial charge in [0, 0.05) is 54.8 Å². The Kier molecular flexibility index (Phi) is 8.98. The third-order valence-electron chi connectivity index (χ3n) is 7.18. The molecule has 0 radical (unpaired) electrons. The number of benzene rings is 2. The topological polar surface area (TPSA) is 81.2 Å². The molecule has 0 unspecified atom stereocenters. The molecular weight excluding hydrogens is 562 g/mol. The number of likely N-dealkylation sites (tertiary alicyclic amines) is 1. The third-order valence-corrected chi connectivity index (χ3v) is 7.68. The zero-order chi connectivity index (χ0) is 27.0. The number of piperidine rings is 1. The number of carbonyl (C=O) groups excluding carboxylic acids is 2. The summed E-state index contributed by atoms with van der Waals surface area (Å²) >= 11 is 3.44. The number of carbonyl (C=O) groups is 2. The molecule has 0 spiro atoms. The number of nitrogens with zero attached hydrogens (tertiary/aromatic N) is 3. The molecule has 1 aliphatic carbocycles. The molecule has 1 saturated heterocycles. The van der Waals surface area contributed by atoms with E-state index in [0.717, 1.165) is 15.6 Å². The number of amides is 2. The molecule has 8 nitrogen and oxygen atoms in total. The fourth-order valence-corrected chi connectivity index (χ4v) is 5.32. The molecule has 39 heavy (non-hydrogen) atoms. The van der Waals surface area contributed by atoms with Gasteiger partial charge in [-0.2, -0.15) is 0 Å². The van der Waals surface area contributed by atoms with Crippen LogP contribution in [0.1, 0.15) is 36.8 Å². The van der Waals surface area contributed by atoms with Crippen LogP contribution in [0.15, 0.2) is 83.5 Å². The lowest BCUT2D eigenvalue weighted by Crippen LogP contribution is -2.58. The smallest absolute Gasteiger partial charge is 0.410 e. The summed E-state index contributed by atoms with van der Waals surface area (Å²) in [5.74, 6) is 0.563. The first-order valence-electron chi connectivity index (χ1n) is 13.3. The Labute approximate surface area is 237 Å². The summed E-state index contributed by atoms with van der Waals surface area (Å²) in [5.41, 5.74) is 1.89. The lowest BCUT2D eigenvalue weighted by atomic mass is 9.86. The fraction of sp³-hybridized carbons (Fsp3) is 0.367. The van der Waals surface area contributed by atoms with E-state index < -0.39 is 0 Å². The first-order valence-corrected chi connectivity index (χ1v) is 14.1. The van der Waals surface area contributed by atoms with Crippen LogP contribution in [0.5, 0.6) is 5.88 Å². The summed E-state index contributed by atoms with van der Waals surface area (Å²) in [6.07, 6.45) is 3.76. The predicted octanol–water partition coefficient (Wildman–Crippen LogP) is 6.19. The number of hydrogen-bond acceptors (Lipinski definition) is 6. The molecule has 204 valence electrons. The summed E-state index contributed by atoms with van der Waals surface area (Å²) < 4.78 is 18.2. The van der Waals surface area contributed by atoms with Gasteiger partial charge in [-0.3, -0.25) is 0 Å². The summed E-state index contributed by atoms with van der Waals surface area (Å²) in [4.78, 5) is 33.9. The van der Waals surface area contributed by atoms with Crippen molar-refractivity contribution in [2.24, 2.45) is 0 Å². The molecule has 1 aliphatic heterocycles. The summed E-state index contributed by atoms with van der Waals surface area (Å²) in [7, 11) is 0.